The van der Waals surface area contributed by atoms with Crippen LogP contribution in [-0.4, -0.2) is 60.0 Å². The fraction of sp³-hybridized carbons (Fsp3) is 0.333. The first-order chi connectivity index (χ1) is 19.3. The van der Waals surface area contributed by atoms with Crippen molar-refractivity contribution in [3.63, 3.8) is 0 Å². The number of piperidine rings is 1. The molecule has 3 aromatic heterocycles. The maximum Gasteiger partial charge on any atom is 0.416 e. The van der Waals surface area contributed by atoms with Crippen LogP contribution < -0.4 is 11.1 Å². The number of hydrogen-bond acceptors (Lipinski definition) is 7. The lowest BCUT2D eigenvalue weighted by atomic mass is 9.96. The van der Waals surface area contributed by atoms with Gasteiger partial charge in [0, 0.05) is 36.3 Å². The SMILES string of the molecule is CC(C)(F)C(=O)N1CCC[C@@H](c2nc(-c3ccc(C(=O)Nc4cc(C(F)(F)F)ccn4)cc3)c3c(N)ncnn23)C1. The van der Waals surface area contributed by atoms with Crippen molar-refractivity contribution in [3.05, 3.63) is 65.9 Å². The van der Waals surface area contributed by atoms with Crippen LogP contribution in [0.2, 0.25) is 0 Å². The van der Waals surface area contributed by atoms with Crippen molar-refractivity contribution >= 4 is 29.0 Å². The fourth-order valence-electron chi connectivity index (χ4n) is 4.83. The van der Waals surface area contributed by atoms with Crippen LogP contribution in [0.25, 0.3) is 16.8 Å². The minimum Gasteiger partial charge on any atom is -0.382 e. The molecule has 1 aliphatic rings. The number of nitrogens with two attached hydrogens (primary N) is 1. The van der Waals surface area contributed by atoms with E-state index in [1.54, 1.807) is 16.6 Å². The number of nitrogen functional groups attached to an aromatic ring is 1. The Hall–Kier alpha value is -4.62. The Morgan fingerprint density at radius 3 is 2.49 bits per heavy atom. The summed E-state index contributed by atoms with van der Waals surface area (Å²) in [6, 6.07) is 7.79. The third-order valence-corrected chi connectivity index (χ3v) is 6.82. The predicted molar refractivity (Wildman–Crippen MR) is 142 cm³/mol. The van der Waals surface area contributed by atoms with Crippen LogP contribution in [0.3, 0.4) is 0 Å². The number of hydrogen-bond donors (Lipinski definition) is 2. The van der Waals surface area contributed by atoms with Crippen molar-refractivity contribution in [3.8, 4) is 11.3 Å². The monoisotopic (exact) mass is 570 g/mol. The molecule has 14 heteroatoms. The number of carbonyl (C=O) groups is 2. The normalized spacial score (nSPS) is 16.1. The van der Waals surface area contributed by atoms with Gasteiger partial charge in [0.15, 0.2) is 11.5 Å². The van der Waals surface area contributed by atoms with Crippen LogP contribution in [0.5, 0.6) is 0 Å². The van der Waals surface area contributed by atoms with Gasteiger partial charge in [0.25, 0.3) is 11.8 Å². The minimum atomic E-state index is -4.57. The molecular weight excluding hydrogens is 544 g/mol. The Bertz CT molecular complexity index is 1610. The van der Waals surface area contributed by atoms with E-state index in [0.29, 0.717) is 42.0 Å². The van der Waals surface area contributed by atoms with E-state index in [-0.39, 0.29) is 29.7 Å². The number of halogens is 4. The first-order valence-corrected chi connectivity index (χ1v) is 12.8. The second kappa shape index (κ2) is 10.4. The van der Waals surface area contributed by atoms with Gasteiger partial charge >= 0.3 is 6.18 Å². The highest BCUT2D eigenvalue weighted by molar-refractivity contribution is 6.04. The summed E-state index contributed by atoms with van der Waals surface area (Å²) in [5, 5.41) is 6.70. The summed E-state index contributed by atoms with van der Waals surface area (Å²) < 4.78 is 54.9. The van der Waals surface area contributed by atoms with E-state index in [1.807, 2.05) is 0 Å². The first kappa shape index (κ1) is 27.9. The van der Waals surface area contributed by atoms with Crippen molar-refractivity contribution in [2.45, 2.75) is 44.5 Å². The summed E-state index contributed by atoms with van der Waals surface area (Å²) in [6.07, 6.45) is -0.959. The molecule has 0 aliphatic carbocycles. The number of rotatable bonds is 5. The third kappa shape index (κ3) is 5.67. The molecule has 1 aromatic carbocycles. The first-order valence-electron chi connectivity index (χ1n) is 12.8. The lowest BCUT2D eigenvalue weighted by Crippen LogP contribution is -2.47. The summed E-state index contributed by atoms with van der Waals surface area (Å²) in [5.41, 5.74) is 4.90. The highest BCUT2D eigenvalue weighted by atomic mass is 19.4. The summed E-state index contributed by atoms with van der Waals surface area (Å²) in [4.78, 5) is 39.5. The zero-order valence-electron chi connectivity index (χ0n) is 22.1. The average molecular weight is 571 g/mol. The highest BCUT2D eigenvalue weighted by Crippen LogP contribution is 2.34. The Morgan fingerprint density at radius 2 is 1.80 bits per heavy atom. The number of imidazole rings is 1. The molecule has 4 heterocycles. The summed E-state index contributed by atoms with van der Waals surface area (Å²) >= 11 is 0. The second-order valence-electron chi connectivity index (χ2n) is 10.2. The van der Waals surface area contributed by atoms with E-state index < -0.39 is 29.2 Å². The Morgan fingerprint density at radius 1 is 1.07 bits per heavy atom. The zero-order valence-corrected chi connectivity index (χ0v) is 22.1. The maximum absolute atomic E-state index is 14.4. The van der Waals surface area contributed by atoms with Gasteiger partial charge in [-0.25, -0.2) is 23.9 Å². The lowest BCUT2D eigenvalue weighted by Gasteiger charge is -2.34. The van der Waals surface area contributed by atoms with E-state index in [9.17, 15) is 27.2 Å². The number of amides is 2. The van der Waals surface area contributed by atoms with Crippen molar-refractivity contribution in [2.24, 2.45) is 0 Å². The van der Waals surface area contributed by atoms with Gasteiger partial charge < -0.3 is 16.0 Å². The predicted octanol–water partition coefficient (Wildman–Crippen LogP) is 4.49. The molecule has 0 unspecified atom stereocenters. The molecule has 41 heavy (non-hydrogen) atoms. The molecule has 0 saturated carbocycles. The molecule has 0 radical (unpaired) electrons. The van der Waals surface area contributed by atoms with Gasteiger partial charge in [-0.1, -0.05) is 12.1 Å². The molecule has 1 aliphatic heterocycles. The van der Waals surface area contributed by atoms with Crippen LogP contribution in [0.4, 0.5) is 29.2 Å². The molecule has 1 fully saturated rings. The van der Waals surface area contributed by atoms with Gasteiger partial charge in [0.1, 0.15) is 29.2 Å². The van der Waals surface area contributed by atoms with Gasteiger partial charge in [-0.05, 0) is 51.0 Å². The van der Waals surface area contributed by atoms with Crippen LogP contribution >= 0.6 is 0 Å². The number of benzene rings is 1. The number of alkyl halides is 4. The quantitative estimate of drug-likeness (QED) is 0.338. The topological polar surface area (TPSA) is 131 Å². The summed E-state index contributed by atoms with van der Waals surface area (Å²) in [5.74, 6) is -1.01. The number of aromatic nitrogens is 5. The molecule has 0 bridgehead atoms. The molecule has 1 saturated heterocycles. The van der Waals surface area contributed by atoms with Crippen molar-refractivity contribution in [1.29, 1.82) is 0 Å². The van der Waals surface area contributed by atoms with Crippen LogP contribution in [-0.2, 0) is 11.0 Å². The smallest absolute Gasteiger partial charge is 0.382 e. The Kier molecular flexibility index (Phi) is 7.09. The second-order valence-corrected chi connectivity index (χ2v) is 10.2. The molecule has 3 N–H and O–H groups in total. The van der Waals surface area contributed by atoms with Crippen LogP contribution in [0.1, 0.15) is 54.4 Å². The van der Waals surface area contributed by atoms with E-state index in [2.05, 4.69) is 20.4 Å². The molecule has 0 spiro atoms. The molecule has 214 valence electrons. The number of likely N-dealkylation sites (tertiary alicyclic amines) is 1. The van der Waals surface area contributed by atoms with Gasteiger partial charge in [-0.3, -0.25) is 9.59 Å². The van der Waals surface area contributed by atoms with Crippen molar-refractivity contribution in [2.75, 3.05) is 24.1 Å². The molecule has 4 aromatic rings. The van der Waals surface area contributed by atoms with E-state index >= 15 is 0 Å². The Balaban J connectivity index is 1.42. The highest BCUT2D eigenvalue weighted by Gasteiger charge is 2.36. The van der Waals surface area contributed by atoms with Gasteiger partial charge in [0.05, 0.1) is 5.56 Å². The van der Waals surface area contributed by atoms with Crippen LogP contribution in [0, 0.1) is 0 Å². The molecule has 5 rings (SSSR count). The summed E-state index contributed by atoms with van der Waals surface area (Å²) in [6.45, 7) is 3.17. The molecule has 2 amide bonds. The fourth-order valence-corrected chi connectivity index (χ4v) is 4.83. The van der Waals surface area contributed by atoms with E-state index in [4.69, 9.17) is 10.7 Å². The average Bonchev–Trinajstić information content (AvgIpc) is 3.33. The number of anilines is 2. The number of pyridine rings is 1. The van der Waals surface area contributed by atoms with Crippen molar-refractivity contribution in [1.82, 2.24) is 29.5 Å². The number of fused-ring (bicyclic) bond motifs is 1. The number of nitrogens with zero attached hydrogens (tertiary/aromatic N) is 6. The summed E-state index contributed by atoms with van der Waals surface area (Å²) in [7, 11) is 0. The van der Waals surface area contributed by atoms with Gasteiger partial charge in [-0.2, -0.15) is 18.3 Å². The van der Waals surface area contributed by atoms with Gasteiger partial charge in [0.2, 0.25) is 0 Å². The largest absolute Gasteiger partial charge is 0.416 e. The van der Waals surface area contributed by atoms with E-state index in [1.165, 1.54) is 37.2 Å². The van der Waals surface area contributed by atoms with Crippen molar-refractivity contribution < 1.29 is 27.2 Å². The molecular formula is C27H26F4N8O2. The lowest BCUT2D eigenvalue weighted by molar-refractivity contribution is -0.143. The van der Waals surface area contributed by atoms with Crippen LogP contribution in [0.15, 0.2) is 48.9 Å². The standard InChI is InChI=1S/C27H26F4N8O2/c1-26(2,28)25(41)38-11-3-4-17(13-38)23-37-20(21-22(32)34-14-35-39(21)23)15-5-7-16(8-6-15)24(40)36-19-12-18(9-10-33-19)27(29,30)31/h5-10,12,14,17H,3-4,11,13H2,1-2H3,(H2,32,34,35)(H,33,36,40)/t17-/m1/s1. The number of carbonyl (C=O) groups excluding carboxylic acids is 2. The Labute approximate surface area is 231 Å². The van der Waals surface area contributed by atoms with E-state index in [0.717, 1.165) is 18.3 Å². The van der Waals surface area contributed by atoms with Gasteiger partial charge in [-0.15, -0.1) is 0 Å². The molecule has 1 atom stereocenters. The third-order valence-electron chi connectivity index (χ3n) is 6.82. The zero-order chi connectivity index (χ0) is 29.5. The maximum atomic E-state index is 14.4. The number of nitrogens with one attached hydrogen (secondary N) is 1. The molecule has 10 nitrogen and oxygen atoms in total. The minimum absolute atomic E-state index is 0.167.